The molecule has 1 aromatic heterocycles. The Morgan fingerprint density at radius 2 is 1.94 bits per heavy atom. The number of aromatic nitrogens is 1. The monoisotopic (exact) mass is 227 g/mol. The molecule has 7 heteroatoms. The van der Waals surface area contributed by atoms with Gasteiger partial charge in [-0.3, -0.25) is 0 Å². The van der Waals surface area contributed by atoms with Gasteiger partial charge in [-0.25, -0.2) is 9.59 Å². The second-order valence-electron chi connectivity index (χ2n) is 2.62. The van der Waals surface area contributed by atoms with Crippen LogP contribution in [0.2, 0.25) is 0 Å². The minimum atomic E-state index is -0.961. The van der Waals surface area contributed by atoms with Crippen LogP contribution in [0, 0.1) is 0 Å². The molecular weight excluding hydrogens is 218 g/mol. The van der Waals surface area contributed by atoms with Crippen molar-refractivity contribution in [3.8, 4) is 11.8 Å². The summed E-state index contributed by atoms with van der Waals surface area (Å²) in [5.74, 6) is -2.66. The van der Waals surface area contributed by atoms with Crippen molar-refractivity contribution in [1.82, 2.24) is 4.73 Å². The molecule has 1 aromatic rings. The van der Waals surface area contributed by atoms with E-state index in [1.165, 1.54) is 0 Å². The highest BCUT2D eigenvalue weighted by molar-refractivity contribution is 5.83. The topological polar surface area (TPSA) is 98.0 Å². The highest BCUT2D eigenvalue weighted by Crippen LogP contribution is 2.18. The van der Waals surface area contributed by atoms with E-state index in [2.05, 4.69) is 16.2 Å². The Bertz CT molecular complexity index is 402. The predicted octanol–water partition coefficient (Wildman–Crippen LogP) is -0.416. The van der Waals surface area contributed by atoms with Gasteiger partial charge in [0, 0.05) is 18.2 Å². The van der Waals surface area contributed by atoms with Crippen molar-refractivity contribution < 1.29 is 29.4 Å². The lowest BCUT2D eigenvalue weighted by molar-refractivity contribution is -0.157. The Kier molecular flexibility index (Phi) is 3.54. The molecule has 0 unspecified atom stereocenters. The fraction of sp³-hybridized carbons (Fsp3) is 0.111. The Balaban J connectivity index is 2.52. The first-order chi connectivity index (χ1) is 7.54. The Morgan fingerprint density at radius 3 is 2.44 bits per heavy atom. The zero-order valence-electron chi connectivity index (χ0n) is 8.12. The van der Waals surface area contributed by atoms with E-state index >= 15 is 0 Å². The van der Waals surface area contributed by atoms with E-state index in [1.54, 1.807) is 0 Å². The number of nitrogens with zero attached hydrogens (tertiary/aromatic N) is 1. The van der Waals surface area contributed by atoms with E-state index in [0.717, 1.165) is 18.2 Å². The van der Waals surface area contributed by atoms with Crippen LogP contribution in [0.15, 0.2) is 24.8 Å². The third-order valence-corrected chi connectivity index (χ3v) is 1.49. The summed E-state index contributed by atoms with van der Waals surface area (Å²) in [6.07, 6.45) is 0.887. The molecule has 0 atom stereocenters. The quantitative estimate of drug-likeness (QED) is 0.535. The van der Waals surface area contributed by atoms with Gasteiger partial charge in [0.05, 0.1) is 0 Å². The smallest absolute Gasteiger partial charge is 0.370 e. The lowest BCUT2D eigenvalue weighted by atomic mass is 10.6. The maximum Gasteiger partial charge on any atom is 0.370 e. The van der Waals surface area contributed by atoms with E-state index in [1.807, 2.05) is 0 Å². The number of esters is 1. The van der Waals surface area contributed by atoms with Gasteiger partial charge in [0.25, 0.3) is 0 Å². The van der Waals surface area contributed by atoms with Gasteiger partial charge >= 0.3 is 11.9 Å². The Morgan fingerprint density at radius 1 is 1.38 bits per heavy atom. The van der Waals surface area contributed by atoms with E-state index in [0.29, 0.717) is 4.73 Å². The number of carbonyl (C=O) groups is 2. The molecule has 0 fully saturated rings. The molecule has 0 bridgehead atoms. The third-order valence-electron chi connectivity index (χ3n) is 1.49. The largest absolute Gasteiger partial charge is 0.492 e. The molecule has 0 aliphatic heterocycles. The molecule has 1 heterocycles. The van der Waals surface area contributed by atoms with E-state index in [-0.39, 0.29) is 0 Å². The lowest BCUT2D eigenvalue weighted by Gasteiger charge is -2.06. The maximum atomic E-state index is 11.1. The van der Waals surface area contributed by atoms with Gasteiger partial charge in [-0.05, 0) is 0 Å². The summed E-state index contributed by atoms with van der Waals surface area (Å²) < 4.78 is 4.86. The number of hydrogen-bond donors (Lipinski definition) is 2. The lowest BCUT2D eigenvalue weighted by Crippen LogP contribution is -2.24. The Hall–Kier alpha value is -2.44. The van der Waals surface area contributed by atoms with Crippen molar-refractivity contribution in [2.75, 3.05) is 6.61 Å². The predicted molar refractivity (Wildman–Crippen MR) is 50.5 cm³/mol. The van der Waals surface area contributed by atoms with Gasteiger partial charge in [0.2, 0.25) is 11.8 Å². The molecule has 0 saturated carbocycles. The summed E-state index contributed by atoms with van der Waals surface area (Å²) in [7, 11) is 0. The minimum absolute atomic E-state index is 0.458. The first-order valence-corrected chi connectivity index (χ1v) is 4.14. The van der Waals surface area contributed by atoms with Crippen LogP contribution in [0.25, 0.3) is 0 Å². The van der Waals surface area contributed by atoms with Crippen LogP contribution in [0.5, 0.6) is 11.8 Å². The molecule has 7 nitrogen and oxygen atoms in total. The molecule has 0 radical (unpaired) electrons. The van der Waals surface area contributed by atoms with Crippen molar-refractivity contribution in [2.45, 2.75) is 0 Å². The first-order valence-electron chi connectivity index (χ1n) is 4.14. The van der Waals surface area contributed by atoms with Crippen LogP contribution in [0.4, 0.5) is 0 Å². The van der Waals surface area contributed by atoms with Crippen molar-refractivity contribution in [3.05, 3.63) is 24.8 Å². The third kappa shape index (κ3) is 2.77. The number of rotatable bonds is 4. The molecule has 0 amide bonds. The number of carbonyl (C=O) groups excluding carboxylic acids is 2. The average molecular weight is 227 g/mol. The van der Waals surface area contributed by atoms with E-state index < -0.39 is 30.3 Å². The molecule has 2 N–H and O–H groups in total. The van der Waals surface area contributed by atoms with Crippen LogP contribution in [0.3, 0.4) is 0 Å². The summed E-state index contributed by atoms with van der Waals surface area (Å²) in [6, 6.07) is 2.25. The van der Waals surface area contributed by atoms with Crippen LogP contribution in [-0.2, 0) is 14.3 Å². The summed E-state index contributed by atoms with van der Waals surface area (Å²) in [6.45, 7) is 2.48. The van der Waals surface area contributed by atoms with Crippen LogP contribution >= 0.6 is 0 Å². The van der Waals surface area contributed by atoms with Gasteiger partial charge in [-0.15, -0.1) is 4.73 Å². The van der Waals surface area contributed by atoms with Crippen LogP contribution < -0.4 is 4.84 Å². The van der Waals surface area contributed by atoms with E-state index in [4.69, 9.17) is 10.2 Å². The Labute approximate surface area is 90.1 Å². The second-order valence-corrected chi connectivity index (χ2v) is 2.62. The van der Waals surface area contributed by atoms with Gasteiger partial charge in [0.15, 0.2) is 6.61 Å². The second kappa shape index (κ2) is 4.87. The van der Waals surface area contributed by atoms with Gasteiger partial charge in [-0.2, -0.15) is 0 Å². The molecule has 0 aliphatic carbocycles. The molecule has 86 valence electrons. The van der Waals surface area contributed by atoms with Crippen molar-refractivity contribution >= 4 is 11.9 Å². The number of aromatic hydroxyl groups is 2. The van der Waals surface area contributed by atoms with Crippen molar-refractivity contribution in [1.29, 1.82) is 0 Å². The highest BCUT2D eigenvalue weighted by Gasteiger charge is 2.13. The normalized spacial score (nSPS) is 9.50. The fourth-order valence-corrected chi connectivity index (χ4v) is 0.813. The molecule has 16 heavy (non-hydrogen) atoms. The van der Waals surface area contributed by atoms with E-state index in [9.17, 15) is 9.59 Å². The zero-order valence-corrected chi connectivity index (χ0v) is 8.12. The molecule has 1 rings (SSSR count). The molecule has 0 aromatic carbocycles. The van der Waals surface area contributed by atoms with Crippen LogP contribution in [-0.4, -0.2) is 33.5 Å². The van der Waals surface area contributed by atoms with Crippen molar-refractivity contribution in [2.24, 2.45) is 0 Å². The molecular formula is C9H9NO6. The average Bonchev–Trinajstić information content (AvgIpc) is 2.57. The summed E-state index contributed by atoms with van der Waals surface area (Å²) in [5.41, 5.74) is 0. The van der Waals surface area contributed by atoms with Crippen molar-refractivity contribution in [3.63, 3.8) is 0 Å². The van der Waals surface area contributed by atoms with Gasteiger partial charge < -0.3 is 19.8 Å². The SMILES string of the molecule is C=CC(=O)OCC(=O)On1c(O)ccc1O. The van der Waals surface area contributed by atoms with Gasteiger partial charge in [0.1, 0.15) is 0 Å². The first kappa shape index (κ1) is 11.6. The zero-order chi connectivity index (χ0) is 12.1. The number of ether oxygens (including phenoxy) is 1. The molecule has 0 spiro atoms. The molecule has 0 aliphatic rings. The summed E-state index contributed by atoms with van der Waals surface area (Å²) >= 11 is 0. The summed E-state index contributed by atoms with van der Waals surface area (Å²) in [4.78, 5) is 26.1. The number of hydrogen-bond acceptors (Lipinski definition) is 6. The standard InChI is InChI=1S/C9H9NO6/c1-2-8(13)15-5-9(14)16-10-6(11)3-4-7(10)12/h2-4,11-12H,1,5H2. The van der Waals surface area contributed by atoms with Gasteiger partial charge in [-0.1, -0.05) is 6.58 Å². The van der Waals surface area contributed by atoms with Crippen LogP contribution in [0.1, 0.15) is 0 Å². The maximum absolute atomic E-state index is 11.1. The minimum Gasteiger partial charge on any atom is -0.492 e. The molecule has 0 saturated heterocycles. The summed E-state index contributed by atoms with van der Waals surface area (Å²) in [5, 5.41) is 18.2. The highest BCUT2D eigenvalue weighted by atomic mass is 16.7. The fourth-order valence-electron chi connectivity index (χ4n) is 0.813.